The van der Waals surface area contributed by atoms with E-state index >= 15 is 0 Å². The number of nitrogens with one attached hydrogen (secondary N) is 2. The highest BCUT2D eigenvalue weighted by molar-refractivity contribution is 9.10. The van der Waals surface area contributed by atoms with E-state index in [9.17, 15) is 0 Å². The molecule has 2 N–H and O–H groups in total. The Labute approximate surface area is 183 Å². The van der Waals surface area contributed by atoms with Crippen molar-refractivity contribution in [1.29, 1.82) is 0 Å². The van der Waals surface area contributed by atoms with E-state index in [1.807, 2.05) is 61.5 Å². The van der Waals surface area contributed by atoms with Gasteiger partial charge in [-0.25, -0.2) is 5.43 Å². The lowest BCUT2D eigenvalue weighted by molar-refractivity contribution is 0.122. The van der Waals surface area contributed by atoms with Crippen molar-refractivity contribution in [3.8, 4) is 0 Å². The maximum Gasteiger partial charge on any atom is 0.250 e. The van der Waals surface area contributed by atoms with Gasteiger partial charge in [0.1, 0.15) is 0 Å². The van der Waals surface area contributed by atoms with Crippen LogP contribution in [0.3, 0.4) is 0 Å². The molecular weight excluding hydrogens is 446 g/mol. The maximum absolute atomic E-state index is 5.44. The van der Waals surface area contributed by atoms with Crippen LogP contribution in [0.4, 0.5) is 23.5 Å². The van der Waals surface area contributed by atoms with Gasteiger partial charge in [-0.05, 0) is 36.8 Å². The van der Waals surface area contributed by atoms with Crippen LogP contribution in [0.5, 0.6) is 0 Å². The SMILES string of the molecule is CC(=NNc1nc(Nc2ccccc2)nc(N2CCOCC2)n1)c1ccc(Br)cc1. The number of nitrogens with zero attached hydrogens (tertiary/aromatic N) is 5. The molecule has 0 unspecified atom stereocenters. The van der Waals surface area contributed by atoms with E-state index in [0.29, 0.717) is 31.1 Å². The summed E-state index contributed by atoms with van der Waals surface area (Å²) in [7, 11) is 0. The Bertz CT molecular complexity index is 1010. The lowest BCUT2D eigenvalue weighted by Gasteiger charge is -2.27. The molecule has 0 aliphatic carbocycles. The number of rotatable bonds is 6. The number of anilines is 4. The predicted octanol–water partition coefficient (Wildman–Crippen LogP) is 4.05. The van der Waals surface area contributed by atoms with Gasteiger partial charge >= 0.3 is 0 Å². The third-order valence-electron chi connectivity index (χ3n) is 4.53. The Morgan fingerprint density at radius 1 is 0.967 bits per heavy atom. The van der Waals surface area contributed by atoms with E-state index in [4.69, 9.17) is 4.74 Å². The molecule has 0 radical (unpaired) electrons. The summed E-state index contributed by atoms with van der Waals surface area (Å²) in [5.74, 6) is 1.42. The summed E-state index contributed by atoms with van der Waals surface area (Å²) < 4.78 is 6.47. The van der Waals surface area contributed by atoms with E-state index in [-0.39, 0.29) is 0 Å². The van der Waals surface area contributed by atoms with E-state index < -0.39 is 0 Å². The van der Waals surface area contributed by atoms with Crippen molar-refractivity contribution in [3.05, 3.63) is 64.6 Å². The summed E-state index contributed by atoms with van der Waals surface area (Å²) in [5.41, 5.74) is 5.72. The van der Waals surface area contributed by atoms with Crippen molar-refractivity contribution < 1.29 is 4.74 Å². The molecule has 3 aromatic rings. The quantitative estimate of drug-likeness (QED) is 0.417. The zero-order valence-electron chi connectivity index (χ0n) is 16.5. The lowest BCUT2D eigenvalue weighted by atomic mass is 10.1. The summed E-state index contributed by atoms with van der Waals surface area (Å²) in [6, 6.07) is 17.8. The van der Waals surface area contributed by atoms with Gasteiger partial charge in [-0.3, -0.25) is 0 Å². The van der Waals surface area contributed by atoms with Gasteiger partial charge in [-0.15, -0.1) is 0 Å². The Morgan fingerprint density at radius 3 is 2.40 bits per heavy atom. The molecule has 1 aliphatic heterocycles. The van der Waals surface area contributed by atoms with Crippen LogP contribution in [0.1, 0.15) is 12.5 Å². The molecule has 4 rings (SSSR count). The number of para-hydroxylation sites is 1. The highest BCUT2D eigenvalue weighted by Gasteiger charge is 2.16. The molecule has 30 heavy (non-hydrogen) atoms. The molecule has 9 heteroatoms. The average molecular weight is 468 g/mol. The van der Waals surface area contributed by atoms with Gasteiger partial charge in [0.15, 0.2) is 0 Å². The molecule has 2 aromatic carbocycles. The molecule has 8 nitrogen and oxygen atoms in total. The van der Waals surface area contributed by atoms with Crippen LogP contribution in [-0.4, -0.2) is 47.0 Å². The minimum Gasteiger partial charge on any atom is -0.378 e. The number of hydrogen-bond donors (Lipinski definition) is 2. The number of halogens is 1. The zero-order valence-corrected chi connectivity index (χ0v) is 18.1. The summed E-state index contributed by atoms with van der Waals surface area (Å²) >= 11 is 3.45. The van der Waals surface area contributed by atoms with Gasteiger partial charge in [-0.1, -0.05) is 46.3 Å². The second-order valence-corrected chi connectivity index (χ2v) is 7.60. The number of ether oxygens (including phenoxy) is 1. The molecule has 0 bridgehead atoms. The first-order chi connectivity index (χ1) is 14.7. The summed E-state index contributed by atoms with van der Waals surface area (Å²) in [6.45, 7) is 4.70. The monoisotopic (exact) mass is 467 g/mol. The second-order valence-electron chi connectivity index (χ2n) is 6.69. The third-order valence-corrected chi connectivity index (χ3v) is 5.06. The molecule has 154 valence electrons. The first kappa shape index (κ1) is 20.2. The van der Waals surface area contributed by atoms with Crippen LogP contribution in [0.2, 0.25) is 0 Å². The largest absolute Gasteiger partial charge is 0.378 e. The van der Waals surface area contributed by atoms with Crippen LogP contribution < -0.4 is 15.6 Å². The standard InChI is InChI=1S/C21H22BrN7O/c1-15(16-7-9-17(22)10-8-16)27-28-20-24-19(23-18-5-3-2-4-6-18)25-21(26-20)29-11-13-30-14-12-29/h2-10H,11-14H2,1H3,(H2,23,24,25,26,28). The van der Waals surface area contributed by atoms with Gasteiger partial charge in [0.25, 0.3) is 0 Å². The lowest BCUT2D eigenvalue weighted by Crippen LogP contribution is -2.37. The minimum absolute atomic E-state index is 0.376. The van der Waals surface area contributed by atoms with E-state index in [1.54, 1.807) is 0 Å². The van der Waals surface area contributed by atoms with Crippen LogP contribution in [-0.2, 0) is 4.74 Å². The van der Waals surface area contributed by atoms with Crippen molar-refractivity contribution >= 4 is 45.2 Å². The minimum atomic E-state index is 0.376. The fraction of sp³-hybridized carbons (Fsp3) is 0.238. The zero-order chi connectivity index (χ0) is 20.8. The molecule has 1 aromatic heterocycles. The van der Waals surface area contributed by atoms with Gasteiger partial charge in [0.2, 0.25) is 17.8 Å². The third kappa shape index (κ3) is 5.31. The summed E-state index contributed by atoms with van der Waals surface area (Å²) in [5, 5.41) is 7.69. The van der Waals surface area contributed by atoms with Gasteiger partial charge in [0.05, 0.1) is 18.9 Å². The fourth-order valence-electron chi connectivity index (χ4n) is 2.92. The van der Waals surface area contributed by atoms with Crippen LogP contribution in [0, 0.1) is 0 Å². The first-order valence-electron chi connectivity index (χ1n) is 9.64. The van der Waals surface area contributed by atoms with E-state index in [0.717, 1.165) is 34.5 Å². The normalized spacial score (nSPS) is 14.5. The highest BCUT2D eigenvalue weighted by Crippen LogP contribution is 2.19. The number of aromatic nitrogens is 3. The highest BCUT2D eigenvalue weighted by atomic mass is 79.9. The molecule has 0 atom stereocenters. The smallest absolute Gasteiger partial charge is 0.250 e. The molecule has 0 saturated carbocycles. The number of benzene rings is 2. The molecule has 1 fully saturated rings. The summed E-state index contributed by atoms with van der Waals surface area (Å²) in [4.78, 5) is 15.7. The maximum atomic E-state index is 5.44. The Hall–Kier alpha value is -3.04. The van der Waals surface area contributed by atoms with Crippen LogP contribution in [0.15, 0.2) is 64.2 Å². The molecular formula is C21H22BrN7O. The number of morpholine rings is 1. The van der Waals surface area contributed by atoms with Gasteiger partial charge in [-0.2, -0.15) is 20.1 Å². The molecule has 2 heterocycles. The Kier molecular flexibility index (Phi) is 6.50. The van der Waals surface area contributed by atoms with Crippen molar-refractivity contribution in [2.45, 2.75) is 6.92 Å². The van der Waals surface area contributed by atoms with Crippen molar-refractivity contribution in [1.82, 2.24) is 15.0 Å². The van der Waals surface area contributed by atoms with Crippen molar-refractivity contribution in [2.75, 3.05) is 41.9 Å². The second kappa shape index (κ2) is 9.64. The van der Waals surface area contributed by atoms with E-state index in [1.165, 1.54) is 0 Å². The van der Waals surface area contributed by atoms with Crippen molar-refractivity contribution in [2.24, 2.45) is 5.10 Å². The van der Waals surface area contributed by atoms with Crippen LogP contribution >= 0.6 is 15.9 Å². The topological polar surface area (TPSA) is 87.6 Å². The number of hydrazone groups is 1. The first-order valence-corrected chi connectivity index (χ1v) is 10.4. The molecule has 1 saturated heterocycles. The molecule has 0 spiro atoms. The van der Waals surface area contributed by atoms with Crippen LogP contribution in [0.25, 0.3) is 0 Å². The van der Waals surface area contributed by atoms with Gasteiger partial charge in [0, 0.05) is 23.2 Å². The fourth-order valence-corrected chi connectivity index (χ4v) is 3.18. The van der Waals surface area contributed by atoms with E-state index in [2.05, 4.69) is 51.6 Å². The predicted molar refractivity (Wildman–Crippen MR) is 123 cm³/mol. The average Bonchev–Trinajstić information content (AvgIpc) is 2.79. The van der Waals surface area contributed by atoms with Gasteiger partial charge < -0.3 is 15.0 Å². The molecule has 1 aliphatic rings. The summed E-state index contributed by atoms with van der Waals surface area (Å²) in [6.07, 6.45) is 0. The van der Waals surface area contributed by atoms with Crippen molar-refractivity contribution in [3.63, 3.8) is 0 Å². The number of hydrogen-bond acceptors (Lipinski definition) is 8. The Morgan fingerprint density at radius 2 is 1.67 bits per heavy atom. The molecule has 0 amide bonds. The Balaban J connectivity index is 1.59.